The van der Waals surface area contributed by atoms with Gasteiger partial charge in [-0.25, -0.2) is 0 Å². The first-order chi connectivity index (χ1) is 18.7. The fourth-order valence-corrected chi connectivity index (χ4v) is 5.91. The van der Waals surface area contributed by atoms with Gasteiger partial charge in [-0.3, -0.25) is 19.5 Å². The monoisotopic (exact) mass is 613 g/mol. The Hall–Kier alpha value is -3.14. The molecule has 0 unspecified atom stereocenters. The minimum absolute atomic E-state index is 0.0418. The highest BCUT2D eigenvalue weighted by Crippen LogP contribution is 2.32. The van der Waals surface area contributed by atoms with E-state index >= 15 is 0 Å². The molecule has 0 aliphatic carbocycles. The van der Waals surface area contributed by atoms with E-state index < -0.39 is 23.2 Å². The first kappa shape index (κ1) is 28.9. The molecule has 16 heteroatoms. The van der Waals surface area contributed by atoms with E-state index in [1.807, 2.05) is 6.92 Å². The number of carbonyl (C=O) groups excluding carboxylic acids is 2. The Kier molecular flexibility index (Phi) is 9.48. The number of halogens is 4. The lowest BCUT2D eigenvalue weighted by molar-refractivity contribution is -0.138. The molecule has 0 aliphatic heterocycles. The molecule has 2 aromatic heterocycles. The maximum atomic E-state index is 13.4. The van der Waals surface area contributed by atoms with Crippen LogP contribution < -0.4 is 10.6 Å². The van der Waals surface area contributed by atoms with E-state index in [-0.39, 0.29) is 24.0 Å². The van der Waals surface area contributed by atoms with Gasteiger partial charge in [0.25, 0.3) is 5.91 Å². The summed E-state index contributed by atoms with van der Waals surface area (Å²) in [5.74, 6) is -0.253. The molecular weight excluding hydrogens is 595 g/mol. The van der Waals surface area contributed by atoms with E-state index in [9.17, 15) is 22.8 Å². The molecule has 0 aliphatic rings. The van der Waals surface area contributed by atoms with Crippen LogP contribution in [-0.2, 0) is 17.5 Å². The van der Waals surface area contributed by atoms with E-state index in [0.29, 0.717) is 21.0 Å². The van der Waals surface area contributed by atoms with Crippen LogP contribution in [0.5, 0.6) is 0 Å². The number of alkyl halides is 3. The second-order valence-electron chi connectivity index (χ2n) is 7.58. The summed E-state index contributed by atoms with van der Waals surface area (Å²) in [5, 5.41) is 22.4. The molecule has 0 atom stereocenters. The van der Waals surface area contributed by atoms with Gasteiger partial charge in [-0.05, 0) is 36.1 Å². The van der Waals surface area contributed by atoms with Crippen LogP contribution in [0.15, 0.2) is 58.0 Å². The summed E-state index contributed by atoms with van der Waals surface area (Å²) in [4.78, 5) is 25.2. The van der Waals surface area contributed by atoms with Gasteiger partial charge >= 0.3 is 6.18 Å². The van der Waals surface area contributed by atoms with Gasteiger partial charge in [0.1, 0.15) is 0 Å². The number of thioether (sulfide) groups is 2. The Morgan fingerprint density at radius 2 is 1.85 bits per heavy atom. The van der Waals surface area contributed by atoms with Gasteiger partial charge in [0, 0.05) is 5.02 Å². The minimum atomic E-state index is -4.69. The van der Waals surface area contributed by atoms with Crippen LogP contribution in [-0.4, -0.2) is 48.3 Å². The summed E-state index contributed by atoms with van der Waals surface area (Å²) in [7, 11) is 0. The van der Waals surface area contributed by atoms with E-state index in [1.165, 1.54) is 35.2 Å². The molecule has 0 bridgehead atoms. The van der Waals surface area contributed by atoms with Gasteiger partial charge in [-0.1, -0.05) is 71.6 Å². The number of amides is 2. The summed E-state index contributed by atoms with van der Waals surface area (Å²) < 4.78 is 42.4. The van der Waals surface area contributed by atoms with Crippen molar-refractivity contribution in [2.45, 2.75) is 29.1 Å². The lowest BCUT2D eigenvalue weighted by atomic mass is 10.1. The second kappa shape index (κ2) is 12.8. The van der Waals surface area contributed by atoms with Crippen LogP contribution in [0.2, 0.25) is 5.02 Å². The number of hydrogen-bond donors (Lipinski definition) is 2. The largest absolute Gasteiger partial charge is 0.417 e. The second-order valence-corrected chi connectivity index (χ2v) is 11.5. The average Bonchev–Trinajstić information content (AvgIpc) is 3.52. The highest BCUT2D eigenvalue weighted by atomic mass is 35.5. The number of rotatable bonds is 10. The van der Waals surface area contributed by atoms with E-state index in [2.05, 4.69) is 31.0 Å². The average molecular weight is 614 g/mol. The normalized spacial score (nSPS) is 11.4. The number of nitrogens with zero attached hydrogens (tertiary/aromatic N) is 5. The Morgan fingerprint density at radius 3 is 2.59 bits per heavy atom. The molecule has 0 radical (unpaired) electrons. The summed E-state index contributed by atoms with van der Waals surface area (Å²) in [6, 6.07) is 11.2. The summed E-state index contributed by atoms with van der Waals surface area (Å²) >= 11 is 10.0. The Balaban J connectivity index is 1.51. The molecule has 0 saturated carbocycles. The zero-order valence-corrected chi connectivity index (χ0v) is 23.2. The number of benzene rings is 2. The van der Waals surface area contributed by atoms with Gasteiger partial charge in [0.15, 0.2) is 15.3 Å². The van der Waals surface area contributed by atoms with Crippen molar-refractivity contribution in [1.29, 1.82) is 0 Å². The van der Waals surface area contributed by atoms with Gasteiger partial charge in [-0.15, -0.1) is 20.4 Å². The van der Waals surface area contributed by atoms with E-state index in [4.69, 9.17) is 11.6 Å². The van der Waals surface area contributed by atoms with Crippen LogP contribution in [0, 0.1) is 0 Å². The fourth-order valence-electron chi connectivity index (χ4n) is 3.29. The van der Waals surface area contributed by atoms with Crippen LogP contribution in [0.25, 0.3) is 5.69 Å². The van der Waals surface area contributed by atoms with Crippen molar-refractivity contribution >= 4 is 63.4 Å². The molecular formula is C23H19ClF3N7O2S3. The van der Waals surface area contributed by atoms with Crippen molar-refractivity contribution in [1.82, 2.24) is 30.3 Å². The van der Waals surface area contributed by atoms with Crippen molar-refractivity contribution in [3.05, 3.63) is 70.5 Å². The standard InChI is InChI=1S/C23H19ClF3N7O2S3/c1-2-37-22-33-31-20(39-22)29-18(35)12-38-21-32-30-17(34(21)14-7-5-6-13(24)10-14)11-28-19(36)15-8-3-4-9-16(15)23(25,26)27/h3-10H,2,11-12H2,1H3,(H,28,36)(H,29,31,35). The van der Waals surface area contributed by atoms with Crippen LogP contribution in [0.3, 0.4) is 0 Å². The summed E-state index contributed by atoms with van der Waals surface area (Å²) in [6.07, 6.45) is -4.69. The number of carbonyl (C=O) groups is 2. The van der Waals surface area contributed by atoms with Crippen molar-refractivity contribution in [2.24, 2.45) is 0 Å². The third-order valence-corrected chi connectivity index (χ3v) is 7.92. The number of anilines is 1. The van der Waals surface area contributed by atoms with Crippen molar-refractivity contribution in [3.63, 3.8) is 0 Å². The zero-order chi connectivity index (χ0) is 28.0. The Labute approximate surface area is 238 Å². The number of aromatic nitrogens is 5. The molecule has 4 rings (SSSR count). The molecule has 2 N–H and O–H groups in total. The first-order valence-corrected chi connectivity index (χ1v) is 14.4. The SMILES string of the molecule is CCSc1nnc(NC(=O)CSc2nnc(CNC(=O)c3ccccc3C(F)(F)F)n2-c2cccc(Cl)c2)s1. The molecule has 2 aromatic carbocycles. The first-order valence-electron chi connectivity index (χ1n) is 11.2. The van der Waals surface area contributed by atoms with Crippen molar-refractivity contribution in [2.75, 3.05) is 16.8 Å². The van der Waals surface area contributed by atoms with Crippen LogP contribution in [0.4, 0.5) is 18.3 Å². The fraction of sp³-hybridized carbons (Fsp3) is 0.217. The lowest BCUT2D eigenvalue weighted by Crippen LogP contribution is -2.27. The molecule has 204 valence electrons. The zero-order valence-electron chi connectivity index (χ0n) is 20.0. The Morgan fingerprint density at radius 1 is 1.05 bits per heavy atom. The molecule has 2 heterocycles. The predicted molar refractivity (Wildman–Crippen MR) is 145 cm³/mol. The maximum Gasteiger partial charge on any atom is 0.417 e. The molecule has 0 fully saturated rings. The molecule has 2 amide bonds. The summed E-state index contributed by atoms with van der Waals surface area (Å²) in [5.41, 5.74) is -1.01. The molecule has 39 heavy (non-hydrogen) atoms. The van der Waals surface area contributed by atoms with Gasteiger partial charge < -0.3 is 5.32 Å². The molecule has 0 saturated heterocycles. The van der Waals surface area contributed by atoms with Crippen molar-refractivity contribution < 1.29 is 22.8 Å². The van der Waals surface area contributed by atoms with Crippen molar-refractivity contribution in [3.8, 4) is 5.69 Å². The smallest absolute Gasteiger partial charge is 0.345 e. The third-order valence-electron chi connectivity index (χ3n) is 4.90. The Bertz CT molecular complexity index is 1480. The van der Waals surface area contributed by atoms with Crippen LogP contribution >= 0.6 is 46.5 Å². The van der Waals surface area contributed by atoms with E-state index in [0.717, 1.165) is 34.0 Å². The quantitative estimate of drug-likeness (QED) is 0.176. The number of nitrogens with one attached hydrogen (secondary N) is 2. The van der Waals surface area contributed by atoms with Gasteiger partial charge in [0.2, 0.25) is 11.0 Å². The lowest BCUT2D eigenvalue weighted by Gasteiger charge is -2.13. The van der Waals surface area contributed by atoms with Gasteiger partial charge in [-0.2, -0.15) is 13.2 Å². The van der Waals surface area contributed by atoms with E-state index in [1.54, 1.807) is 28.8 Å². The number of hydrogen-bond acceptors (Lipinski definition) is 9. The summed E-state index contributed by atoms with van der Waals surface area (Å²) in [6.45, 7) is 1.75. The van der Waals surface area contributed by atoms with Crippen LogP contribution in [0.1, 0.15) is 28.7 Å². The minimum Gasteiger partial charge on any atom is -0.345 e. The molecule has 4 aromatic rings. The topological polar surface area (TPSA) is 115 Å². The molecule has 0 spiro atoms. The predicted octanol–water partition coefficient (Wildman–Crippen LogP) is 5.56. The highest BCUT2D eigenvalue weighted by Gasteiger charge is 2.34. The van der Waals surface area contributed by atoms with Gasteiger partial charge in [0.05, 0.1) is 29.1 Å². The third kappa shape index (κ3) is 7.50. The molecule has 9 nitrogen and oxygen atoms in total. The highest BCUT2D eigenvalue weighted by molar-refractivity contribution is 8.01. The maximum absolute atomic E-state index is 13.4.